The van der Waals surface area contributed by atoms with Gasteiger partial charge in [-0.15, -0.1) is 0 Å². The molecule has 2 aromatic carbocycles. The van der Waals surface area contributed by atoms with E-state index >= 15 is 0 Å². The number of nitrogens with zero attached hydrogens (tertiary/aromatic N) is 3. The molecular formula is C28H26ClFN4O2. The molecule has 1 aromatic heterocycles. The highest BCUT2D eigenvalue weighted by molar-refractivity contribution is 6.31. The number of hydrogen-bond acceptors (Lipinski definition) is 6. The Balaban J connectivity index is 1.51. The maximum absolute atomic E-state index is 14.5. The number of likely N-dealkylation sites (tertiary alicyclic amines) is 1. The SMILES string of the molecule is C=CC(=O)Cc1cc2c(Nc3cccc(Cl)c3F)ncnc2cc1C#C[C@@]1(C)CCN(C2COC2)C1. The number of carbonyl (C=O) groups excluding carboxylic acids is 1. The van der Waals surface area contributed by atoms with Gasteiger partial charge in [0.2, 0.25) is 0 Å². The van der Waals surface area contributed by atoms with Crippen molar-refractivity contribution in [1.82, 2.24) is 14.9 Å². The zero-order valence-electron chi connectivity index (χ0n) is 20.0. The highest BCUT2D eigenvalue weighted by Gasteiger charge is 2.38. The Labute approximate surface area is 214 Å². The molecule has 36 heavy (non-hydrogen) atoms. The van der Waals surface area contributed by atoms with E-state index in [1.54, 1.807) is 12.1 Å². The number of anilines is 2. The average Bonchev–Trinajstić information content (AvgIpc) is 3.21. The van der Waals surface area contributed by atoms with Gasteiger partial charge in [0, 0.05) is 35.9 Å². The van der Waals surface area contributed by atoms with E-state index in [1.165, 1.54) is 18.5 Å². The summed E-state index contributed by atoms with van der Waals surface area (Å²) in [4.78, 5) is 23.5. The van der Waals surface area contributed by atoms with Crippen molar-refractivity contribution in [1.29, 1.82) is 0 Å². The molecule has 2 fully saturated rings. The Morgan fingerprint density at radius 2 is 2.22 bits per heavy atom. The van der Waals surface area contributed by atoms with Crippen molar-refractivity contribution in [3.63, 3.8) is 0 Å². The summed E-state index contributed by atoms with van der Waals surface area (Å²) in [5.74, 6) is 6.55. The van der Waals surface area contributed by atoms with Gasteiger partial charge in [0.25, 0.3) is 0 Å². The number of hydrogen-bond donors (Lipinski definition) is 1. The Bertz CT molecular complexity index is 1410. The van der Waals surface area contributed by atoms with Crippen molar-refractivity contribution < 1.29 is 13.9 Å². The van der Waals surface area contributed by atoms with E-state index in [1.807, 2.05) is 12.1 Å². The van der Waals surface area contributed by atoms with E-state index in [-0.39, 0.29) is 28.3 Å². The average molecular weight is 505 g/mol. The smallest absolute Gasteiger partial charge is 0.165 e. The molecule has 1 atom stereocenters. The van der Waals surface area contributed by atoms with Crippen LogP contribution in [0.4, 0.5) is 15.9 Å². The number of aromatic nitrogens is 2. The second kappa shape index (κ2) is 9.98. The van der Waals surface area contributed by atoms with Crippen LogP contribution in [0.5, 0.6) is 0 Å². The number of rotatable bonds is 6. The minimum Gasteiger partial charge on any atom is -0.378 e. The molecule has 0 saturated carbocycles. The van der Waals surface area contributed by atoms with Crippen molar-refractivity contribution in [2.24, 2.45) is 5.41 Å². The van der Waals surface area contributed by atoms with Crippen LogP contribution in [0.1, 0.15) is 24.5 Å². The Kier molecular flexibility index (Phi) is 6.76. The summed E-state index contributed by atoms with van der Waals surface area (Å²) in [7, 11) is 0. The molecule has 3 heterocycles. The maximum Gasteiger partial charge on any atom is 0.165 e. The topological polar surface area (TPSA) is 67.4 Å². The molecule has 0 spiro atoms. The lowest BCUT2D eigenvalue weighted by molar-refractivity contribution is -0.114. The molecule has 2 saturated heterocycles. The predicted octanol–water partition coefficient (Wildman–Crippen LogP) is 4.93. The molecule has 5 rings (SSSR count). The number of benzene rings is 2. The molecule has 2 aliphatic rings. The van der Waals surface area contributed by atoms with Gasteiger partial charge >= 0.3 is 0 Å². The van der Waals surface area contributed by atoms with E-state index in [4.69, 9.17) is 16.3 Å². The summed E-state index contributed by atoms with van der Waals surface area (Å²) in [5.41, 5.74) is 2.18. The van der Waals surface area contributed by atoms with Crippen molar-refractivity contribution in [2.45, 2.75) is 25.8 Å². The second-order valence-electron chi connectivity index (χ2n) is 9.54. The molecule has 0 amide bonds. The Morgan fingerprint density at radius 3 is 2.97 bits per heavy atom. The quantitative estimate of drug-likeness (QED) is 0.379. The fraction of sp³-hybridized carbons (Fsp3) is 0.321. The number of carbonyl (C=O) groups is 1. The van der Waals surface area contributed by atoms with Gasteiger partial charge in [0.1, 0.15) is 12.1 Å². The zero-order chi connectivity index (χ0) is 25.3. The van der Waals surface area contributed by atoms with Gasteiger partial charge in [0.15, 0.2) is 11.6 Å². The number of ketones is 1. The molecule has 0 bridgehead atoms. The predicted molar refractivity (Wildman–Crippen MR) is 139 cm³/mol. The van der Waals surface area contributed by atoms with Crippen LogP contribution in [-0.2, 0) is 16.0 Å². The Morgan fingerprint density at radius 1 is 1.39 bits per heavy atom. The van der Waals surface area contributed by atoms with Crippen LogP contribution in [0.2, 0.25) is 5.02 Å². The van der Waals surface area contributed by atoms with Crippen molar-refractivity contribution in [3.8, 4) is 11.8 Å². The third kappa shape index (κ3) is 4.98. The van der Waals surface area contributed by atoms with Crippen molar-refractivity contribution >= 4 is 39.8 Å². The van der Waals surface area contributed by atoms with Crippen LogP contribution in [0.25, 0.3) is 10.9 Å². The number of allylic oxidation sites excluding steroid dienone is 1. The van der Waals surface area contributed by atoms with Crippen LogP contribution in [0.15, 0.2) is 49.3 Å². The van der Waals surface area contributed by atoms with Gasteiger partial charge in [-0.2, -0.15) is 0 Å². The number of fused-ring (bicyclic) bond motifs is 1. The first-order chi connectivity index (χ1) is 17.3. The largest absolute Gasteiger partial charge is 0.378 e. The van der Waals surface area contributed by atoms with Gasteiger partial charge in [0.05, 0.1) is 35.5 Å². The molecule has 8 heteroatoms. The summed E-state index contributed by atoms with van der Waals surface area (Å²) in [6.45, 7) is 9.26. The summed E-state index contributed by atoms with van der Waals surface area (Å²) >= 11 is 5.94. The van der Waals surface area contributed by atoms with E-state index in [9.17, 15) is 9.18 Å². The monoisotopic (exact) mass is 504 g/mol. The first-order valence-corrected chi connectivity index (χ1v) is 12.2. The molecule has 0 aliphatic carbocycles. The standard InChI is InChI=1S/C28H26ClFN4O2/c1-3-21(35)11-19-12-22-25(31-17-32-27(22)33-24-6-4-5-23(29)26(24)30)13-18(19)7-8-28(2)9-10-34(16-28)20-14-36-15-20/h3-6,12-13,17,20H,1,9-11,14-16H2,2H3,(H,31,32,33)/t28-/m0/s1. The maximum atomic E-state index is 14.5. The first-order valence-electron chi connectivity index (χ1n) is 11.8. The van der Waals surface area contributed by atoms with Crippen LogP contribution in [0, 0.1) is 23.1 Å². The third-order valence-corrected chi connectivity index (χ3v) is 7.09. The molecule has 6 nitrogen and oxygen atoms in total. The number of nitrogens with one attached hydrogen (secondary N) is 1. The van der Waals surface area contributed by atoms with Gasteiger partial charge in [-0.1, -0.05) is 36.1 Å². The fourth-order valence-corrected chi connectivity index (χ4v) is 4.74. The highest BCUT2D eigenvalue weighted by Crippen LogP contribution is 2.33. The lowest BCUT2D eigenvalue weighted by Crippen LogP contribution is -2.48. The minimum atomic E-state index is -0.567. The summed E-state index contributed by atoms with van der Waals surface area (Å²) < 4.78 is 19.9. The van der Waals surface area contributed by atoms with Gasteiger partial charge in [-0.25, -0.2) is 14.4 Å². The summed E-state index contributed by atoms with van der Waals surface area (Å²) in [5, 5.41) is 3.67. The van der Waals surface area contributed by atoms with Crippen LogP contribution in [-0.4, -0.2) is 53.0 Å². The van der Waals surface area contributed by atoms with Gasteiger partial charge in [-0.3, -0.25) is 9.69 Å². The Hall–Kier alpha value is -3.31. The van der Waals surface area contributed by atoms with Crippen molar-refractivity contribution in [2.75, 3.05) is 31.6 Å². The van der Waals surface area contributed by atoms with Crippen LogP contribution in [0.3, 0.4) is 0 Å². The highest BCUT2D eigenvalue weighted by atomic mass is 35.5. The minimum absolute atomic E-state index is 0.0111. The lowest BCUT2D eigenvalue weighted by atomic mass is 9.89. The van der Waals surface area contributed by atoms with E-state index in [0.717, 1.165) is 43.9 Å². The summed E-state index contributed by atoms with van der Waals surface area (Å²) in [6, 6.07) is 8.92. The number of halogens is 2. The van der Waals surface area contributed by atoms with E-state index in [0.29, 0.717) is 22.8 Å². The molecule has 3 aromatic rings. The van der Waals surface area contributed by atoms with Crippen molar-refractivity contribution in [3.05, 3.63) is 71.3 Å². The molecule has 1 N–H and O–H groups in total. The second-order valence-corrected chi connectivity index (χ2v) is 9.95. The van der Waals surface area contributed by atoms with Crippen LogP contribution >= 0.6 is 11.6 Å². The summed E-state index contributed by atoms with van der Waals surface area (Å²) in [6.07, 6.45) is 3.84. The molecule has 184 valence electrons. The number of ether oxygens (including phenoxy) is 1. The molecule has 0 radical (unpaired) electrons. The zero-order valence-corrected chi connectivity index (χ0v) is 20.7. The molecule has 2 aliphatic heterocycles. The molecule has 0 unspecified atom stereocenters. The normalized spacial score (nSPS) is 20.0. The van der Waals surface area contributed by atoms with Crippen LogP contribution < -0.4 is 5.32 Å². The fourth-order valence-electron chi connectivity index (χ4n) is 4.56. The van der Waals surface area contributed by atoms with E-state index < -0.39 is 5.82 Å². The first kappa shape index (κ1) is 24.4. The molecular weight excluding hydrogens is 479 g/mol. The van der Waals surface area contributed by atoms with Gasteiger partial charge < -0.3 is 10.1 Å². The van der Waals surface area contributed by atoms with Gasteiger partial charge in [-0.05, 0) is 49.2 Å². The lowest BCUT2D eigenvalue weighted by Gasteiger charge is -2.35. The third-order valence-electron chi connectivity index (χ3n) is 6.80. The van der Waals surface area contributed by atoms with E-state index in [2.05, 4.69) is 45.5 Å².